The van der Waals surface area contributed by atoms with Gasteiger partial charge in [-0.3, -0.25) is 9.59 Å². The monoisotopic (exact) mass is 430 g/mol. The van der Waals surface area contributed by atoms with Gasteiger partial charge in [0.1, 0.15) is 17.7 Å². The van der Waals surface area contributed by atoms with E-state index in [1.807, 2.05) is 24.3 Å². The number of amides is 2. The molecule has 0 aliphatic carbocycles. The Kier molecular flexibility index (Phi) is 7.97. The number of carbonyl (C=O) groups excluding carboxylic acids is 2. The quantitative estimate of drug-likeness (QED) is 0.597. The summed E-state index contributed by atoms with van der Waals surface area (Å²) in [4.78, 5) is 24.7. The van der Waals surface area contributed by atoms with Crippen molar-refractivity contribution in [1.82, 2.24) is 10.6 Å². The second kappa shape index (κ2) is 10.9. The highest BCUT2D eigenvalue weighted by atomic mass is 19.1. The zero-order chi connectivity index (χ0) is 22.2. The Labute approximate surface area is 180 Å². The number of nitrogens with one attached hydrogen (secondary N) is 2. The van der Waals surface area contributed by atoms with Crippen LogP contribution in [-0.4, -0.2) is 48.9 Å². The second-order valence-electron chi connectivity index (χ2n) is 7.48. The van der Waals surface area contributed by atoms with Crippen LogP contribution in [0.25, 0.3) is 0 Å². The van der Waals surface area contributed by atoms with Gasteiger partial charge in [0.2, 0.25) is 5.91 Å². The number of aliphatic hydroxyl groups excluding tert-OH is 1. The van der Waals surface area contributed by atoms with Gasteiger partial charge in [0.15, 0.2) is 0 Å². The lowest BCUT2D eigenvalue weighted by Crippen LogP contribution is -2.51. The highest BCUT2D eigenvalue weighted by Crippen LogP contribution is 2.22. The third kappa shape index (κ3) is 6.50. The van der Waals surface area contributed by atoms with Gasteiger partial charge in [0.25, 0.3) is 5.91 Å². The minimum absolute atomic E-state index is 0.153. The van der Waals surface area contributed by atoms with Gasteiger partial charge >= 0.3 is 0 Å². The Morgan fingerprint density at radius 1 is 1.19 bits per heavy atom. The summed E-state index contributed by atoms with van der Waals surface area (Å²) >= 11 is 0. The lowest BCUT2D eigenvalue weighted by Gasteiger charge is -2.36. The largest absolute Gasteiger partial charge is 0.497 e. The Morgan fingerprint density at radius 2 is 1.97 bits per heavy atom. The number of aliphatic hydroxyl groups is 1. The van der Waals surface area contributed by atoms with E-state index in [1.54, 1.807) is 7.11 Å². The topological polar surface area (TPSA) is 96.9 Å². The van der Waals surface area contributed by atoms with Crippen LogP contribution in [0, 0.1) is 5.82 Å². The standard InChI is InChI=1S/C23H27FN2O5/c1-30-18-7-5-15(6-8-18)13-25-22(28)12-19-9-10-20(21(14-27)31-19)26-23(29)16-3-2-4-17(24)11-16/h2-8,11,19-21,27H,9-10,12-14H2,1H3,(H,25,28)(H,26,29)/t19-,20-,21+/m1/s1. The molecule has 166 valence electrons. The summed E-state index contributed by atoms with van der Waals surface area (Å²) in [6.45, 7) is 0.101. The van der Waals surface area contributed by atoms with Crippen LogP contribution in [0.2, 0.25) is 0 Å². The molecule has 3 rings (SSSR count). The second-order valence-corrected chi connectivity index (χ2v) is 7.48. The van der Waals surface area contributed by atoms with Crippen LogP contribution in [0.1, 0.15) is 35.2 Å². The SMILES string of the molecule is COc1ccc(CNC(=O)C[C@H]2CC[C@@H](NC(=O)c3cccc(F)c3)[C@H](CO)O2)cc1. The van der Waals surface area contributed by atoms with E-state index < -0.39 is 23.9 Å². The lowest BCUT2D eigenvalue weighted by atomic mass is 9.96. The van der Waals surface area contributed by atoms with E-state index in [-0.39, 0.29) is 30.6 Å². The predicted molar refractivity (Wildman–Crippen MR) is 112 cm³/mol. The molecule has 3 N–H and O–H groups in total. The molecule has 0 aromatic heterocycles. The maximum atomic E-state index is 13.3. The van der Waals surface area contributed by atoms with Gasteiger partial charge in [-0.25, -0.2) is 4.39 Å². The van der Waals surface area contributed by atoms with E-state index >= 15 is 0 Å². The molecule has 2 aromatic carbocycles. The normalized spacial score (nSPS) is 20.7. The van der Waals surface area contributed by atoms with Crippen molar-refractivity contribution in [2.24, 2.45) is 0 Å². The molecule has 31 heavy (non-hydrogen) atoms. The molecule has 0 spiro atoms. The first-order valence-electron chi connectivity index (χ1n) is 10.2. The number of benzene rings is 2. The fourth-order valence-corrected chi connectivity index (χ4v) is 3.55. The van der Waals surface area contributed by atoms with Gasteiger partial charge in [-0.2, -0.15) is 0 Å². The summed E-state index contributed by atoms with van der Waals surface area (Å²) < 4.78 is 24.3. The molecule has 2 aromatic rings. The van der Waals surface area contributed by atoms with Gasteiger partial charge < -0.3 is 25.2 Å². The molecule has 1 saturated heterocycles. The first-order valence-corrected chi connectivity index (χ1v) is 10.2. The molecule has 0 bridgehead atoms. The maximum absolute atomic E-state index is 13.3. The summed E-state index contributed by atoms with van der Waals surface area (Å²) in [7, 11) is 1.60. The molecule has 1 aliphatic heterocycles. The number of hydrogen-bond acceptors (Lipinski definition) is 5. The summed E-state index contributed by atoms with van der Waals surface area (Å²) in [6, 6.07) is 12.4. The van der Waals surface area contributed by atoms with E-state index in [9.17, 15) is 19.1 Å². The molecular formula is C23H27FN2O5. The van der Waals surface area contributed by atoms with Crippen LogP contribution < -0.4 is 15.4 Å². The highest BCUT2D eigenvalue weighted by molar-refractivity contribution is 5.94. The third-order valence-electron chi connectivity index (χ3n) is 5.26. The average Bonchev–Trinajstić information content (AvgIpc) is 2.79. The van der Waals surface area contributed by atoms with E-state index in [1.165, 1.54) is 18.2 Å². The lowest BCUT2D eigenvalue weighted by molar-refractivity contribution is -0.131. The highest BCUT2D eigenvalue weighted by Gasteiger charge is 2.33. The van der Waals surface area contributed by atoms with Crippen molar-refractivity contribution in [1.29, 1.82) is 0 Å². The van der Waals surface area contributed by atoms with E-state index in [0.717, 1.165) is 17.4 Å². The van der Waals surface area contributed by atoms with E-state index in [2.05, 4.69) is 10.6 Å². The minimum Gasteiger partial charge on any atom is -0.497 e. The van der Waals surface area contributed by atoms with Gasteiger partial charge in [-0.15, -0.1) is 0 Å². The van der Waals surface area contributed by atoms with Gasteiger partial charge in [0.05, 0.1) is 32.3 Å². The third-order valence-corrected chi connectivity index (χ3v) is 5.26. The summed E-state index contributed by atoms with van der Waals surface area (Å²) in [5, 5.41) is 15.3. The van der Waals surface area contributed by atoms with Crippen LogP contribution in [-0.2, 0) is 16.1 Å². The number of halogens is 1. The smallest absolute Gasteiger partial charge is 0.251 e. The van der Waals surface area contributed by atoms with Crippen LogP contribution in [0.4, 0.5) is 4.39 Å². The number of hydrogen-bond donors (Lipinski definition) is 3. The van der Waals surface area contributed by atoms with Gasteiger partial charge in [-0.1, -0.05) is 18.2 Å². The fourth-order valence-electron chi connectivity index (χ4n) is 3.55. The minimum atomic E-state index is -0.634. The van der Waals surface area contributed by atoms with Crippen molar-refractivity contribution >= 4 is 11.8 Å². The van der Waals surface area contributed by atoms with Crippen molar-refractivity contribution in [3.63, 3.8) is 0 Å². The molecule has 2 amide bonds. The fraction of sp³-hybridized carbons (Fsp3) is 0.391. The molecule has 0 radical (unpaired) electrons. The number of methoxy groups -OCH3 is 1. The number of rotatable bonds is 8. The molecule has 1 aliphatic rings. The van der Waals surface area contributed by atoms with Crippen LogP contribution in [0.3, 0.4) is 0 Å². The van der Waals surface area contributed by atoms with Crippen molar-refractivity contribution in [3.8, 4) is 5.75 Å². The molecule has 1 fully saturated rings. The van der Waals surface area contributed by atoms with E-state index in [4.69, 9.17) is 9.47 Å². The Balaban J connectivity index is 1.47. The zero-order valence-corrected chi connectivity index (χ0v) is 17.3. The van der Waals surface area contributed by atoms with Crippen molar-refractivity contribution < 1.29 is 28.6 Å². The average molecular weight is 430 g/mol. The van der Waals surface area contributed by atoms with Crippen molar-refractivity contribution in [2.45, 2.75) is 44.1 Å². The predicted octanol–water partition coefficient (Wildman–Crippen LogP) is 2.18. The van der Waals surface area contributed by atoms with Crippen molar-refractivity contribution in [2.75, 3.05) is 13.7 Å². The van der Waals surface area contributed by atoms with Crippen LogP contribution in [0.15, 0.2) is 48.5 Å². The Hall–Kier alpha value is -2.97. The molecule has 8 heteroatoms. The Bertz CT molecular complexity index is 890. The van der Waals surface area contributed by atoms with Crippen LogP contribution in [0.5, 0.6) is 5.75 Å². The zero-order valence-electron chi connectivity index (χ0n) is 17.3. The maximum Gasteiger partial charge on any atom is 0.251 e. The molecular weight excluding hydrogens is 403 g/mol. The summed E-state index contributed by atoms with van der Waals surface area (Å²) in [5.74, 6) is -0.325. The van der Waals surface area contributed by atoms with E-state index in [0.29, 0.717) is 19.4 Å². The van der Waals surface area contributed by atoms with Gasteiger partial charge in [-0.05, 0) is 48.7 Å². The van der Waals surface area contributed by atoms with Crippen LogP contribution >= 0.6 is 0 Å². The molecule has 7 nitrogen and oxygen atoms in total. The molecule has 0 saturated carbocycles. The number of ether oxygens (including phenoxy) is 2. The molecule has 0 unspecified atom stereocenters. The summed E-state index contributed by atoms with van der Waals surface area (Å²) in [6.07, 6.45) is 0.279. The van der Waals surface area contributed by atoms with Gasteiger partial charge in [0, 0.05) is 12.1 Å². The number of carbonyl (C=O) groups is 2. The molecule has 3 atom stereocenters. The summed E-state index contributed by atoms with van der Waals surface area (Å²) in [5.41, 5.74) is 1.16. The Morgan fingerprint density at radius 3 is 2.65 bits per heavy atom. The molecule has 1 heterocycles. The first kappa shape index (κ1) is 22.7. The van der Waals surface area contributed by atoms with Crippen molar-refractivity contribution in [3.05, 3.63) is 65.5 Å². The first-order chi connectivity index (χ1) is 15.0.